The van der Waals surface area contributed by atoms with Crippen LogP contribution in [0.2, 0.25) is 0 Å². The molecule has 0 radical (unpaired) electrons. The largest absolute Gasteiger partial charge is 0.481 e. The van der Waals surface area contributed by atoms with Crippen molar-refractivity contribution in [2.75, 3.05) is 0 Å². The van der Waals surface area contributed by atoms with E-state index in [1.807, 2.05) is 12.1 Å². The zero-order valence-electron chi connectivity index (χ0n) is 9.67. The van der Waals surface area contributed by atoms with Crippen molar-refractivity contribution >= 4 is 5.97 Å². The first-order chi connectivity index (χ1) is 8.75. The Labute approximate surface area is 103 Å². The number of H-pyrrole nitrogens is 1. The standard InChI is InChI=1S/C12H13N3O3/c16-12(17)8-4-1-3-7(8)11-14-10(15-18-11)9-5-2-6-13-9/h2,5-8,13H,1,3-4H2,(H,16,17). The SMILES string of the molecule is O=C(O)C1CCCC1c1nc(-c2ccc[nH]2)no1. The van der Waals surface area contributed by atoms with Crippen LogP contribution in [0.1, 0.15) is 31.1 Å². The van der Waals surface area contributed by atoms with E-state index in [9.17, 15) is 4.79 Å². The highest BCUT2D eigenvalue weighted by molar-refractivity contribution is 5.71. The molecule has 6 heteroatoms. The summed E-state index contributed by atoms with van der Waals surface area (Å²) in [6.45, 7) is 0. The third-order valence-electron chi connectivity index (χ3n) is 3.43. The highest BCUT2D eigenvalue weighted by atomic mass is 16.5. The van der Waals surface area contributed by atoms with Gasteiger partial charge in [0.15, 0.2) is 0 Å². The van der Waals surface area contributed by atoms with Crippen LogP contribution in [0, 0.1) is 5.92 Å². The van der Waals surface area contributed by atoms with Gasteiger partial charge in [-0.25, -0.2) is 0 Å². The Balaban J connectivity index is 1.87. The summed E-state index contributed by atoms with van der Waals surface area (Å²) < 4.78 is 5.21. The van der Waals surface area contributed by atoms with Gasteiger partial charge in [-0.15, -0.1) is 0 Å². The van der Waals surface area contributed by atoms with E-state index in [1.54, 1.807) is 6.20 Å². The van der Waals surface area contributed by atoms with Crippen molar-refractivity contribution in [3.63, 3.8) is 0 Å². The van der Waals surface area contributed by atoms with Crippen molar-refractivity contribution < 1.29 is 14.4 Å². The lowest BCUT2D eigenvalue weighted by Gasteiger charge is -2.09. The van der Waals surface area contributed by atoms with Crippen LogP contribution in [0.5, 0.6) is 0 Å². The molecule has 1 aliphatic carbocycles. The molecule has 0 amide bonds. The summed E-state index contributed by atoms with van der Waals surface area (Å²) in [7, 11) is 0. The summed E-state index contributed by atoms with van der Waals surface area (Å²) in [5.74, 6) is -0.423. The van der Waals surface area contributed by atoms with Gasteiger partial charge in [0.1, 0.15) is 0 Å². The average molecular weight is 247 g/mol. The Morgan fingerprint density at radius 1 is 1.50 bits per heavy atom. The first-order valence-corrected chi connectivity index (χ1v) is 5.96. The number of nitrogens with zero attached hydrogens (tertiary/aromatic N) is 2. The molecule has 18 heavy (non-hydrogen) atoms. The van der Waals surface area contributed by atoms with Crippen molar-refractivity contribution in [1.82, 2.24) is 15.1 Å². The molecule has 0 spiro atoms. The second-order valence-corrected chi connectivity index (χ2v) is 4.52. The van der Waals surface area contributed by atoms with Crippen molar-refractivity contribution in [2.24, 2.45) is 5.92 Å². The van der Waals surface area contributed by atoms with E-state index in [1.165, 1.54) is 0 Å². The number of aromatic amines is 1. The van der Waals surface area contributed by atoms with Gasteiger partial charge < -0.3 is 14.6 Å². The lowest BCUT2D eigenvalue weighted by Crippen LogP contribution is -2.17. The average Bonchev–Trinajstić information content (AvgIpc) is 3.10. The molecule has 6 nitrogen and oxygen atoms in total. The van der Waals surface area contributed by atoms with Gasteiger partial charge in [0.25, 0.3) is 0 Å². The quantitative estimate of drug-likeness (QED) is 0.865. The normalized spacial score (nSPS) is 23.3. The van der Waals surface area contributed by atoms with E-state index in [0.29, 0.717) is 18.1 Å². The zero-order chi connectivity index (χ0) is 12.5. The lowest BCUT2D eigenvalue weighted by molar-refractivity contribution is -0.142. The fraction of sp³-hybridized carbons (Fsp3) is 0.417. The molecule has 0 saturated heterocycles. The van der Waals surface area contributed by atoms with Crippen LogP contribution in [0.25, 0.3) is 11.5 Å². The number of hydrogen-bond acceptors (Lipinski definition) is 4. The number of nitrogens with one attached hydrogen (secondary N) is 1. The van der Waals surface area contributed by atoms with Crippen LogP contribution in [-0.4, -0.2) is 26.2 Å². The molecule has 2 aromatic heterocycles. The number of carboxylic acids is 1. The van der Waals surface area contributed by atoms with Crippen LogP contribution < -0.4 is 0 Å². The van der Waals surface area contributed by atoms with Gasteiger partial charge in [-0.1, -0.05) is 11.6 Å². The lowest BCUT2D eigenvalue weighted by atomic mass is 9.96. The molecule has 2 heterocycles. The summed E-state index contributed by atoms with van der Waals surface area (Å²) in [6.07, 6.45) is 4.15. The topological polar surface area (TPSA) is 92.0 Å². The maximum absolute atomic E-state index is 11.1. The van der Waals surface area contributed by atoms with E-state index < -0.39 is 11.9 Å². The minimum Gasteiger partial charge on any atom is -0.481 e. The molecule has 1 fully saturated rings. The highest BCUT2D eigenvalue weighted by Crippen LogP contribution is 2.39. The number of carboxylic acid groups (broad SMARTS) is 1. The molecule has 3 rings (SSSR count). The Morgan fingerprint density at radius 2 is 2.39 bits per heavy atom. The van der Waals surface area contributed by atoms with Crippen LogP contribution in [0.15, 0.2) is 22.9 Å². The maximum atomic E-state index is 11.1. The molecule has 2 aromatic rings. The minimum absolute atomic E-state index is 0.154. The summed E-state index contributed by atoms with van der Waals surface area (Å²) in [4.78, 5) is 18.4. The van der Waals surface area contributed by atoms with Gasteiger partial charge in [0, 0.05) is 6.20 Å². The van der Waals surface area contributed by atoms with Crippen molar-refractivity contribution in [1.29, 1.82) is 0 Å². The molecular weight excluding hydrogens is 234 g/mol. The Morgan fingerprint density at radius 3 is 3.11 bits per heavy atom. The molecule has 1 saturated carbocycles. The second-order valence-electron chi connectivity index (χ2n) is 4.52. The van der Waals surface area contributed by atoms with Gasteiger partial charge in [-0.05, 0) is 25.0 Å². The summed E-state index contributed by atoms with van der Waals surface area (Å²) in [5.41, 5.74) is 0.773. The molecule has 94 valence electrons. The summed E-state index contributed by atoms with van der Waals surface area (Å²) in [6, 6.07) is 3.69. The predicted octanol–water partition coefficient (Wildman–Crippen LogP) is 2.03. The number of aliphatic carboxylic acids is 1. The van der Waals surface area contributed by atoms with E-state index in [-0.39, 0.29) is 5.92 Å². The third-order valence-corrected chi connectivity index (χ3v) is 3.43. The molecule has 1 aliphatic rings. The number of hydrogen-bond donors (Lipinski definition) is 2. The first kappa shape index (κ1) is 11.0. The number of aromatic nitrogens is 3. The molecular formula is C12H13N3O3. The smallest absolute Gasteiger partial charge is 0.307 e. The van der Waals surface area contributed by atoms with Crippen molar-refractivity contribution in [3.05, 3.63) is 24.2 Å². The Kier molecular flexibility index (Phi) is 2.62. The fourth-order valence-electron chi connectivity index (χ4n) is 2.52. The van der Waals surface area contributed by atoms with E-state index in [2.05, 4.69) is 15.1 Å². The van der Waals surface area contributed by atoms with Gasteiger partial charge in [-0.2, -0.15) is 4.98 Å². The second kappa shape index (κ2) is 4.29. The zero-order valence-corrected chi connectivity index (χ0v) is 9.67. The number of carbonyl (C=O) groups is 1. The maximum Gasteiger partial charge on any atom is 0.307 e. The van der Waals surface area contributed by atoms with Gasteiger partial charge in [-0.3, -0.25) is 4.79 Å². The van der Waals surface area contributed by atoms with Crippen LogP contribution in [-0.2, 0) is 4.79 Å². The fourth-order valence-corrected chi connectivity index (χ4v) is 2.52. The van der Waals surface area contributed by atoms with Crippen molar-refractivity contribution in [3.8, 4) is 11.5 Å². The summed E-state index contributed by atoms with van der Waals surface area (Å²) in [5, 5.41) is 13.0. The van der Waals surface area contributed by atoms with Gasteiger partial charge in [0.2, 0.25) is 11.7 Å². The van der Waals surface area contributed by atoms with Crippen molar-refractivity contribution in [2.45, 2.75) is 25.2 Å². The third kappa shape index (κ3) is 1.79. The molecule has 0 bridgehead atoms. The van der Waals surface area contributed by atoms with Gasteiger partial charge >= 0.3 is 5.97 Å². The van der Waals surface area contributed by atoms with Crippen LogP contribution in [0.3, 0.4) is 0 Å². The molecule has 0 aromatic carbocycles. The van der Waals surface area contributed by atoms with E-state index >= 15 is 0 Å². The monoisotopic (exact) mass is 247 g/mol. The summed E-state index contributed by atoms with van der Waals surface area (Å²) >= 11 is 0. The Bertz CT molecular complexity index is 547. The van der Waals surface area contributed by atoms with Crippen LogP contribution in [0.4, 0.5) is 0 Å². The van der Waals surface area contributed by atoms with Gasteiger partial charge in [0.05, 0.1) is 17.5 Å². The number of rotatable bonds is 3. The van der Waals surface area contributed by atoms with Crippen LogP contribution >= 0.6 is 0 Å². The molecule has 2 N–H and O–H groups in total. The molecule has 2 atom stereocenters. The minimum atomic E-state index is -0.780. The predicted molar refractivity (Wildman–Crippen MR) is 61.8 cm³/mol. The van der Waals surface area contributed by atoms with E-state index in [4.69, 9.17) is 9.63 Å². The Hall–Kier alpha value is -2.11. The van der Waals surface area contributed by atoms with E-state index in [0.717, 1.165) is 18.5 Å². The highest BCUT2D eigenvalue weighted by Gasteiger charge is 2.37. The molecule has 0 aliphatic heterocycles. The molecule has 2 unspecified atom stereocenters. The first-order valence-electron chi connectivity index (χ1n) is 5.96.